The minimum absolute atomic E-state index is 0.135. The molecule has 0 aliphatic heterocycles. The number of aromatic nitrogens is 3. The van der Waals surface area contributed by atoms with Crippen molar-refractivity contribution in [1.29, 1.82) is 0 Å². The molecule has 10 heteroatoms. The molecule has 0 aliphatic rings. The highest BCUT2D eigenvalue weighted by Gasteiger charge is 2.16. The van der Waals surface area contributed by atoms with E-state index in [4.69, 9.17) is 18.7 Å². The predicted octanol–water partition coefficient (Wildman–Crippen LogP) is 2.79. The van der Waals surface area contributed by atoms with Gasteiger partial charge in [-0.1, -0.05) is 5.16 Å². The molecule has 2 aromatic heterocycles. The van der Waals surface area contributed by atoms with Crippen LogP contribution in [0.4, 0.5) is 17.3 Å². The van der Waals surface area contributed by atoms with E-state index in [1.54, 1.807) is 25.1 Å². The first kappa shape index (κ1) is 19.0. The predicted molar refractivity (Wildman–Crippen MR) is 101 cm³/mol. The van der Waals surface area contributed by atoms with Crippen LogP contribution in [0.1, 0.15) is 16.2 Å². The van der Waals surface area contributed by atoms with E-state index >= 15 is 0 Å². The monoisotopic (exact) mass is 385 g/mol. The first-order valence-corrected chi connectivity index (χ1v) is 8.17. The molecular weight excluding hydrogens is 366 g/mol. The molecule has 0 saturated heterocycles. The summed E-state index contributed by atoms with van der Waals surface area (Å²) in [5, 5.41) is 9.46. The molecule has 28 heavy (non-hydrogen) atoms. The van der Waals surface area contributed by atoms with E-state index in [-0.39, 0.29) is 5.69 Å². The number of amides is 1. The molecule has 2 heterocycles. The first-order chi connectivity index (χ1) is 13.5. The van der Waals surface area contributed by atoms with Gasteiger partial charge in [-0.3, -0.25) is 4.79 Å². The second-order valence-electron chi connectivity index (χ2n) is 5.60. The number of hydrogen-bond donors (Lipinski definition) is 2. The molecule has 3 aromatic rings. The fourth-order valence-corrected chi connectivity index (χ4v) is 2.41. The third-order valence-electron chi connectivity index (χ3n) is 3.69. The van der Waals surface area contributed by atoms with E-state index < -0.39 is 5.91 Å². The Bertz CT molecular complexity index is 946. The Morgan fingerprint density at radius 1 is 0.964 bits per heavy atom. The van der Waals surface area contributed by atoms with Crippen LogP contribution in [0.3, 0.4) is 0 Å². The lowest BCUT2D eigenvalue weighted by Gasteiger charge is -2.14. The summed E-state index contributed by atoms with van der Waals surface area (Å²) in [6.45, 7) is 1.78. The van der Waals surface area contributed by atoms with E-state index in [2.05, 4.69) is 25.8 Å². The van der Waals surface area contributed by atoms with Gasteiger partial charge in [0, 0.05) is 23.9 Å². The van der Waals surface area contributed by atoms with Crippen LogP contribution in [0.5, 0.6) is 17.2 Å². The van der Waals surface area contributed by atoms with E-state index in [1.807, 2.05) is 0 Å². The second-order valence-corrected chi connectivity index (χ2v) is 5.60. The summed E-state index contributed by atoms with van der Waals surface area (Å²) in [7, 11) is 4.50. The van der Waals surface area contributed by atoms with Crippen LogP contribution in [0, 0.1) is 6.92 Å². The topological polar surface area (TPSA) is 121 Å². The number of carbonyl (C=O) groups is 1. The van der Waals surface area contributed by atoms with Crippen LogP contribution in [-0.2, 0) is 0 Å². The summed E-state index contributed by atoms with van der Waals surface area (Å²) in [5.74, 6) is 2.43. The molecule has 0 aliphatic carbocycles. The van der Waals surface area contributed by atoms with Crippen molar-refractivity contribution >= 4 is 23.2 Å². The van der Waals surface area contributed by atoms with Crippen molar-refractivity contribution in [3.8, 4) is 17.2 Å². The molecule has 0 fully saturated rings. The van der Waals surface area contributed by atoms with Gasteiger partial charge in [0.25, 0.3) is 5.91 Å². The lowest BCUT2D eigenvalue weighted by molar-refractivity contribution is 0.102. The highest BCUT2D eigenvalue weighted by Crippen LogP contribution is 2.39. The molecule has 0 saturated carbocycles. The Labute approximate surface area is 160 Å². The molecule has 0 bridgehead atoms. The van der Waals surface area contributed by atoms with Gasteiger partial charge in [-0.2, -0.15) is 0 Å². The zero-order valence-electron chi connectivity index (χ0n) is 15.8. The maximum absolute atomic E-state index is 12.5. The number of methoxy groups -OCH3 is 3. The average Bonchev–Trinajstić information content (AvgIpc) is 3.12. The quantitative estimate of drug-likeness (QED) is 0.632. The van der Waals surface area contributed by atoms with Crippen molar-refractivity contribution in [2.24, 2.45) is 0 Å². The average molecular weight is 385 g/mol. The SMILES string of the molecule is COc1cc(NC(=O)c2cnc(Nc3cc(C)on3)cn2)cc(OC)c1OC. The Balaban J connectivity index is 1.74. The molecule has 2 N–H and O–H groups in total. The smallest absolute Gasteiger partial charge is 0.275 e. The summed E-state index contributed by atoms with van der Waals surface area (Å²) in [4.78, 5) is 20.7. The molecule has 0 atom stereocenters. The number of rotatable bonds is 7. The zero-order chi connectivity index (χ0) is 20.1. The van der Waals surface area contributed by atoms with E-state index in [0.29, 0.717) is 40.3 Å². The van der Waals surface area contributed by atoms with Crippen molar-refractivity contribution in [2.45, 2.75) is 6.92 Å². The number of nitrogens with zero attached hydrogens (tertiary/aromatic N) is 3. The second kappa shape index (κ2) is 8.25. The molecule has 10 nitrogen and oxygen atoms in total. The molecule has 0 spiro atoms. The first-order valence-electron chi connectivity index (χ1n) is 8.17. The van der Waals surface area contributed by atoms with Gasteiger partial charge in [0.1, 0.15) is 17.3 Å². The lowest BCUT2D eigenvalue weighted by Crippen LogP contribution is -2.14. The lowest BCUT2D eigenvalue weighted by atomic mass is 10.2. The molecule has 0 unspecified atom stereocenters. The van der Waals surface area contributed by atoms with Gasteiger partial charge >= 0.3 is 0 Å². The highest BCUT2D eigenvalue weighted by molar-refractivity contribution is 6.03. The summed E-state index contributed by atoms with van der Waals surface area (Å²) < 4.78 is 20.8. The summed E-state index contributed by atoms with van der Waals surface area (Å²) in [5.41, 5.74) is 0.595. The van der Waals surface area contributed by atoms with Crippen LogP contribution in [0.15, 0.2) is 35.1 Å². The number of anilines is 3. The number of nitrogens with one attached hydrogen (secondary N) is 2. The zero-order valence-corrected chi connectivity index (χ0v) is 15.8. The fourth-order valence-electron chi connectivity index (χ4n) is 2.41. The highest BCUT2D eigenvalue weighted by atomic mass is 16.5. The van der Waals surface area contributed by atoms with Crippen LogP contribution in [0.2, 0.25) is 0 Å². The Hall–Kier alpha value is -3.82. The van der Waals surface area contributed by atoms with Crippen molar-refractivity contribution in [2.75, 3.05) is 32.0 Å². The fraction of sp³-hybridized carbons (Fsp3) is 0.222. The molecular formula is C18H19N5O5. The standard InChI is InChI=1S/C18H19N5O5/c1-10-5-15(23-28-10)22-16-9-19-12(8-20-16)18(24)21-11-6-13(25-2)17(27-4)14(7-11)26-3/h5-9H,1-4H3,(H,21,24)(H,20,22,23). The van der Waals surface area contributed by atoms with Gasteiger partial charge < -0.3 is 29.4 Å². The minimum atomic E-state index is -0.439. The number of benzene rings is 1. The Morgan fingerprint density at radius 2 is 1.68 bits per heavy atom. The van der Waals surface area contributed by atoms with Crippen LogP contribution in [-0.4, -0.2) is 42.4 Å². The number of carbonyl (C=O) groups excluding carboxylic acids is 1. The van der Waals surface area contributed by atoms with Crippen LogP contribution in [0.25, 0.3) is 0 Å². The van der Waals surface area contributed by atoms with E-state index in [0.717, 1.165) is 0 Å². The third-order valence-corrected chi connectivity index (χ3v) is 3.69. The van der Waals surface area contributed by atoms with Crippen LogP contribution < -0.4 is 24.8 Å². The van der Waals surface area contributed by atoms with Gasteiger partial charge in [0.05, 0.1) is 33.7 Å². The third kappa shape index (κ3) is 4.11. The maximum Gasteiger partial charge on any atom is 0.275 e. The normalized spacial score (nSPS) is 10.3. The van der Waals surface area contributed by atoms with E-state index in [1.165, 1.54) is 33.7 Å². The molecule has 146 valence electrons. The van der Waals surface area contributed by atoms with Gasteiger partial charge in [-0.05, 0) is 6.92 Å². The van der Waals surface area contributed by atoms with E-state index in [9.17, 15) is 4.79 Å². The summed E-state index contributed by atoms with van der Waals surface area (Å²) in [6, 6.07) is 4.96. The summed E-state index contributed by atoms with van der Waals surface area (Å²) >= 11 is 0. The van der Waals surface area contributed by atoms with Crippen molar-refractivity contribution in [1.82, 2.24) is 15.1 Å². The van der Waals surface area contributed by atoms with Gasteiger partial charge in [0.2, 0.25) is 5.75 Å². The van der Waals surface area contributed by atoms with Gasteiger partial charge in [-0.15, -0.1) is 0 Å². The van der Waals surface area contributed by atoms with Crippen molar-refractivity contribution < 1.29 is 23.5 Å². The van der Waals surface area contributed by atoms with Gasteiger partial charge in [-0.25, -0.2) is 9.97 Å². The van der Waals surface area contributed by atoms with Crippen molar-refractivity contribution in [3.05, 3.63) is 42.0 Å². The number of aryl methyl sites for hydroxylation is 1. The minimum Gasteiger partial charge on any atom is -0.493 e. The molecule has 3 rings (SSSR count). The number of ether oxygens (including phenoxy) is 3. The van der Waals surface area contributed by atoms with Gasteiger partial charge in [0.15, 0.2) is 17.3 Å². The molecule has 0 radical (unpaired) electrons. The maximum atomic E-state index is 12.5. The van der Waals surface area contributed by atoms with Crippen LogP contribution >= 0.6 is 0 Å². The Kier molecular flexibility index (Phi) is 5.58. The number of hydrogen-bond acceptors (Lipinski definition) is 9. The summed E-state index contributed by atoms with van der Waals surface area (Å²) in [6.07, 6.45) is 2.77. The molecule has 1 aromatic carbocycles. The van der Waals surface area contributed by atoms with Crippen molar-refractivity contribution in [3.63, 3.8) is 0 Å². The molecule has 1 amide bonds. The largest absolute Gasteiger partial charge is 0.493 e. The Morgan fingerprint density at radius 3 is 2.18 bits per heavy atom.